The number of nitrogen functional groups attached to an aromatic ring is 2. The number of aromatic nitrogens is 1. The van der Waals surface area contributed by atoms with Crippen LogP contribution in [0.2, 0.25) is 10.0 Å². The summed E-state index contributed by atoms with van der Waals surface area (Å²) >= 11 is 12.2. The van der Waals surface area contributed by atoms with Crippen LogP contribution in [0.3, 0.4) is 0 Å². The lowest BCUT2D eigenvalue weighted by Gasteiger charge is -2.21. The summed E-state index contributed by atoms with van der Waals surface area (Å²) in [6.45, 7) is 1.92. The number of benzene rings is 1. The molecule has 0 fully saturated rings. The summed E-state index contributed by atoms with van der Waals surface area (Å²) in [5, 5.41) is 0.327. The monoisotopic (exact) mass is 370 g/mol. The van der Waals surface area contributed by atoms with Crippen LogP contribution in [0.1, 0.15) is 6.92 Å². The summed E-state index contributed by atoms with van der Waals surface area (Å²) < 4.78 is 10.7. The molecule has 1 aromatic heterocycles. The normalized spacial score (nSPS) is 10.3. The molecule has 4 N–H and O–H groups in total. The minimum Gasteiger partial charge on any atom is -0.453 e. The third kappa shape index (κ3) is 3.58. The van der Waals surface area contributed by atoms with Crippen molar-refractivity contribution in [2.24, 2.45) is 0 Å². The Morgan fingerprint density at radius 1 is 1.21 bits per heavy atom. The van der Waals surface area contributed by atoms with Crippen molar-refractivity contribution < 1.29 is 14.3 Å². The Morgan fingerprint density at radius 2 is 1.92 bits per heavy atom. The van der Waals surface area contributed by atoms with Crippen molar-refractivity contribution in [2.45, 2.75) is 6.92 Å². The zero-order valence-corrected chi connectivity index (χ0v) is 14.6. The van der Waals surface area contributed by atoms with Gasteiger partial charge in [-0.2, -0.15) is 0 Å². The van der Waals surface area contributed by atoms with E-state index in [0.717, 1.165) is 0 Å². The molecule has 0 bridgehead atoms. The Morgan fingerprint density at radius 3 is 2.58 bits per heavy atom. The van der Waals surface area contributed by atoms with Gasteiger partial charge in [0, 0.05) is 19.3 Å². The van der Waals surface area contributed by atoms with Crippen LogP contribution in [0.5, 0.6) is 11.5 Å². The van der Waals surface area contributed by atoms with Gasteiger partial charge in [-0.3, -0.25) is 4.90 Å². The molecule has 128 valence electrons. The zero-order chi connectivity index (χ0) is 17.9. The first-order valence-corrected chi connectivity index (χ1v) is 7.68. The second-order valence-corrected chi connectivity index (χ2v) is 5.44. The Kier molecular flexibility index (Phi) is 5.58. The van der Waals surface area contributed by atoms with Crippen LogP contribution in [0.15, 0.2) is 24.4 Å². The molecule has 2 aromatic rings. The van der Waals surface area contributed by atoms with Gasteiger partial charge in [0.1, 0.15) is 16.5 Å². The van der Waals surface area contributed by atoms with Gasteiger partial charge in [0.05, 0.1) is 17.3 Å². The minimum atomic E-state index is -0.594. The molecule has 0 aliphatic heterocycles. The highest BCUT2D eigenvalue weighted by molar-refractivity contribution is 6.44. The van der Waals surface area contributed by atoms with Crippen LogP contribution in [-0.4, -0.2) is 24.7 Å². The lowest BCUT2D eigenvalue weighted by molar-refractivity contribution is 0.161. The van der Waals surface area contributed by atoms with E-state index in [9.17, 15) is 4.79 Å². The number of hydrogen-bond acceptors (Lipinski definition) is 6. The number of halogens is 2. The predicted molar refractivity (Wildman–Crippen MR) is 95.0 cm³/mol. The lowest BCUT2D eigenvalue weighted by atomic mass is 10.3. The number of amides is 1. The second-order valence-electron chi connectivity index (χ2n) is 4.68. The van der Waals surface area contributed by atoms with E-state index >= 15 is 0 Å². The zero-order valence-electron chi connectivity index (χ0n) is 13.0. The molecule has 7 nitrogen and oxygen atoms in total. The van der Waals surface area contributed by atoms with Gasteiger partial charge in [0.15, 0.2) is 11.6 Å². The maximum Gasteiger partial charge on any atom is 0.414 e. The molecule has 2 rings (SSSR count). The van der Waals surface area contributed by atoms with E-state index in [1.165, 1.54) is 18.1 Å². The van der Waals surface area contributed by atoms with E-state index in [0.29, 0.717) is 5.69 Å². The molecule has 24 heavy (non-hydrogen) atoms. The highest BCUT2D eigenvalue weighted by atomic mass is 35.5. The summed E-state index contributed by atoms with van der Waals surface area (Å²) in [4.78, 5) is 17.1. The van der Waals surface area contributed by atoms with E-state index in [4.69, 9.17) is 44.1 Å². The first-order valence-electron chi connectivity index (χ1n) is 6.93. The maximum atomic E-state index is 12.0. The summed E-state index contributed by atoms with van der Waals surface area (Å²) in [5.74, 6) is 0.626. The molecule has 0 aliphatic carbocycles. The molecule has 0 unspecified atom stereocenters. The van der Waals surface area contributed by atoms with Crippen molar-refractivity contribution in [1.82, 2.24) is 4.98 Å². The molecule has 0 aliphatic rings. The predicted octanol–water partition coefficient (Wildman–Crippen LogP) is 3.94. The molecule has 1 aromatic carbocycles. The number of carbonyl (C=O) groups excluding carboxylic acids is 1. The number of anilines is 3. The van der Waals surface area contributed by atoms with Gasteiger partial charge in [-0.05, 0) is 19.1 Å². The molecule has 1 heterocycles. The Labute approximate surface area is 149 Å². The third-order valence-corrected chi connectivity index (χ3v) is 3.97. The minimum absolute atomic E-state index is 0.0979. The van der Waals surface area contributed by atoms with Gasteiger partial charge in [0.2, 0.25) is 0 Å². The van der Waals surface area contributed by atoms with Crippen LogP contribution < -0.4 is 21.1 Å². The molecular formula is C15H16Cl2N4O3. The molecule has 0 saturated carbocycles. The van der Waals surface area contributed by atoms with Crippen molar-refractivity contribution in [3.8, 4) is 11.5 Å². The van der Waals surface area contributed by atoms with Crippen molar-refractivity contribution in [3.05, 3.63) is 34.4 Å². The molecule has 9 heteroatoms. The number of carbonyl (C=O) groups is 1. The summed E-state index contributed by atoms with van der Waals surface area (Å²) in [7, 11) is 1.50. The molecular weight excluding hydrogens is 355 g/mol. The standard InChI is InChI=1S/C15H16Cl2N4O3/c1-3-23-15(22)21(2)13-10(6-7-20-14(13)19)24-9-5-4-8(18)11(16)12(9)17/h4-7H,3,18H2,1-2H3,(H2,19,20). The van der Waals surface area contributed by atoms with Crippen molar-refractivity contribution in [2.75, 3.05) is 30.0 Å². The summed E-state index contributed by atoms with van der Waals surface area (Å²) in [6, 6.07) is 4.67. The number of rotatable bonds is 4. The smallest absolute Gasteiger partial charge is 0.414 e. The average Bonchev–Trinajstić information content (AvgIpc) is 2.55. The van der Waals surface area contributed by atoms with Crippen molar-refractivity contribution in [1.29, 1.82) is 0 Å². The van der Waals surface area contributed by atoms with E-state index < -0.39 is 6.09 Å². The highest BCUT2D eigenvalue weighted by Gasteiger charge is 2.21. The number of nitrogens with two attached hydrogens (primary N) is 2. The molecule has 0 spiro atoms. The average molecular weight is 371 g/mol. The fraction of sp³-hybridized carbons (Fsp3) is 0.200. The topological polar surface area (TPSA) is 104 Å². The van der Waals surface area contributed by atoms with Crippen molar-refractivity contribution >= 4 is 46.5 Å². The fourth-order valence-corrected chi connectivity index (χ4v) is 2.29. The molecule has 0 saturated heterocycles. The highest BCUT2D eigenvalue weighted by Crippen LogP contribution is 2.41. The van der Waals surface area contributed by atoms with E-state index in [-0.39, 0.29) is 39.7 Å². The van der Waals surface area contributed by atoms with Crippen LogP contribution >= 0.6 is 23.2 Å². The third-order valence-electron chi connectivity index (χ3n) is 3.09. The largest absolute Gasteiger partial charge is 0.453 e. The van der Waals surface area contributed by atoms with Gasteiger partial charge in [-0.15, -0.1) is 0 Å². The van der Waals surface area contributed by atoms with Crippen LogP contribution in [0.25, 0.3) is 0 Å². The molecule has 1 amide bonds. The Hall–Kier alpha value is -2.38. The molecule has 0 radical (unpaired) electrons. The van der Waals surface area contributed by atoms with Crippen molar-refractivity contribution in [3.63, 3.8) is 0 Å². The van der Waals surface area contributed by atoms with Gasteiger partial charge >= 0.3 is 6.09 Å². The van der Waals surface area contributed by atoms with E-state index in [1.54, 1.807) is 25.1 Å². The van der Waals surface area contributed by atoms with Gasteiger partial charge in [-0.25, -0.2) is 9.78 Å². The van der Waals surface area contributed by atoms with E-state index in [2.05, 4.69) is 4.98 Å². The number of hydrogen-bond donors (Lipinski definition) is 2. The van der Waals surface area contributed by atoms with Gasteiger partial charge in [-0.1, -0.05) is 23.2 Å². The van der Waals surface area contributed by atoms with E-state index in [1.807, 2.05) is 0 Å². The van der Waals surface area contributed by atoms with Gasteiger partial charge in [0.25, 0.3) is 0 Å². The van der Waals surface area contributed by atoms with Crippen LogP contribution in [0.4, 0.5) is 22.0 Å². The maximum absolute atomic E-state index is 12.0. The second kappa shape index (κ2) is 7.46. The fourth-order valence-electron chi connectivity index (χ4n) is 1.93. The number of ether oxygens (including phenoxy) is 2. The van der Waals surface area contributed by atoms with Gasteiger partial charge < -0.3 is 20.9 Å². The first-order chi connectivity index (χ1) is 11.4. The number of pyridine rings is 1. The quantitative estimate of drug-likeness (QED) is 0.789. The SMILES string of the molecule is CCOC(=O)N(C)c1c(Oc2ccc(N)c(Cl)c2Cl)ccnc1N. The van der Waals surface area contributed by atoms with Crippen LogP contribution in [0, 0.1) is 0 Å². The summed E-state index contributed by atoms with van der Waals surface area (Å²) in [6.07, 6.45) is 0.850. The summed E-state index contributed by atoms with van der Waals surface area (Å²) in [5.41, 5.74) is 12.1. The Balaban J connectivity index is 2.43. The first kappa shape index (κ1) is 18.0. The lowest BCUT2D eigenvalue weighted by Crippen LogP contribution is -2.28. The van der Waals surface area contributed by atoms with Crippen LogP contribution in [-0.2, 0) is 4.74 Å². The Bertz CT molecular complexity index is 771. The number of nitrogens with zero attached hydrogens (tertiary/aromatic N) is 2. The molecule has 0 atom stereocenters.